The van der Waals surface area contributed by atoms with Gasteiger partial charge in [0.2, 0.25) is 0 Å². The summed E-state index contributed by atoms with van der Waals surface area (Å²) in [5.74, 6) is 0.117. The summed E-state index contributed by atoms with van der Waals surface area (Å²) >= 11 is 3.31. The monoisotopic (exact) mass is 331 g/mol. The molecule has 0 aliphatic carbocycles. The van der Waals surface area contributed by atoms with Crippen LogP contribution in [0.1, 0.15) is 16.8 Å². The number of sulfone groups is 1. The summed E-state index contributed by atoms with van der Waals surface area (Å²) in [5.41, 5.74) is 0.574. The first-order chi connectivity index (χ1) is 8.39. The van der Waals surface area contributed by atoms with Crippen LogP contribution in [0.4, 0.5) is 0 Å². The van der Waals surface area contributed by atoms with Crippen LogP contribution in [-0.2, 0) is 9.84 Å². The zero-order chi connectivity index (χ0) is 13.3. The topological polar surface area (TPSA) is 54.5 Å². The first kappa shape index (κ1) is 13.5. The summed E-state index contributed by atoms with van der Waals surface area (Å²) in [6, 6.07) is 6.85. The molecule has 1 aliphatic rings. The molecular formula is C12H14BrNO3S. The fourth-order valence-corrected chi connectivity index (χ4v) is 4.08. The van der Waals surface area contributed by atoms with Crippen molar-refractivity contribution >= 4 is 31.7 Å². The Morgan fingerprint density at radius 2 is 1.94 bits per heavy atom. The van der Waals surface area contributed by atoms with Gasteiger partial charge in [-0.25, -0.2) is 8.42 Å². The average molecular weight is 332 g/mol. The maximum Gasteiger partial charge on any atom is 0.253 e. The molecule has 0 saturated carbocycles. The van der Waals surface area contributed by atoms with Gasteiger partial charge in [-0.3, -0.25) is 4.79 Å². The lowest BCUT2D eigenvalue weighted by molar-refractivity contribution is 0.0747. The minimum absolute atomic E-state index is 0.0752. The Labute approximate surface area is 115 Å². The number of carbonyl (C=O) groups excluding carboxylic acids is 1. The molecule has 98 valence electrons. The number of carbonyl (C=O) groups is 1. The van der Waals surface area contributed by atoms with Gasteiger partial charge < -0.3 is 4.90 Å². The summed E-state index contributed by atoms with van der Waals surface area (Å²) < 4.78 is 23.7. The van der Waals surface area contributed by atoms with E-state index in [9.17, 15) is 13.2 Å². The van der Waals surface area contributed by atoms with Crippen molar-refractivity contribution < 1.29 is 13.2 Å². The third kappa shape index (κ3) is 2.92. The molecule has 4 nitrogen and oxygen atoms in total. The molecule has 0 spiro atoms. The predicted molar refractivity (Wildman–Crippen MR) is 73.3 cm³/mol. The molecule has 1 aromatic rings. The van der Waals surface area contributed by atoms with E-state index in [4.69, 9.17) is 0 Å². The fraction of sp³-hybridized carbons (Fsp3) is 0.417. The Balaban J connectivity index is 2.12. The summed E-state index contributed by atoms with van der Waals surface area (Å²) in [6.07, 6.45) is 0.529. The van der Waals surface area contributed by atoms with Gasteiger partial charge in [-0.1, -0.05) is 15.9 Å². The lowest BCUT2D eigenvalue weighted by atomic mass is 10.1. The molecule has 1 atom stereocenters. The van der Waals surface area contributed by atoms with Gasteiger partial charge in [-0.15, -0.1) is 0 Å². The van der Waals surface area contributed by atoms with Gasteiger partial charge >= 0.3 is 0 Å². The Morgan fingerprint density at radius 1 is 1.33 bits per heavy atom. The predicted octanol–water partition coefficient (Wildman–Crippen LogP) is 1.71. The van der Waals surface area contributed by atoms with Crippen molar-refractivity contribution in [2.75, 3.05) is 18.6 Å². The molecule has 18 heavy (non-hydrogen) atoms. The molecule has 0 radical (unpaired) electrons. The lowest BCUT2D eigenvalue weighted by Gasteiger charge is -2.23. The Bertz CT molecular complexity index is 553. The molecular weight excluding hydrogens is 318 g/mol. The first-order valence-corrected chi connectivity index (χ1v) is 8.24. The molecule has 0 aromatic heterocycles. The van der Waals surface area contributed by atoms with E-state index in [1.165, 1.54) is 4.90 Å². The molecule has 0 bridgehead atoms. The first-order valence-electron chi connectivity index (χ1n) is 5.62. The van der Waals surface area contributed by atoms with E-state index in [0.29, 0.717) is 12.0 Å². The highest BCUT2D eigenvalue weighted by molar-refractivity contribution is 9.10. The highest BCUT2D eigenvalue weighted by Gasteiger charge is 2.32. The average Bonchev–Trinajstić information content (AvgIpc) is 2.69. The molecule has 1 heterocycles. The van der Waals surface area contributed by atoms with Gasteiger partial charge in [0.05, 0.1) is 11.5 Å². The van der Waals surface area contributed by atoms with Crippen molar-refractivity contribution in [1.82, 2.24) is 4.90 Å². The second kappa shape index (κ2) is 5.01. The third-order valence-electron chi connectivity index (χ3n) is 3.17. The van der Waals surface area contributed by atoms with E-state index in [1.54, 1.807) is 31.3 Å². The highest BCUT2D eigenvalue weighted by Crippen LogP contribution is 2.19. The van der Waals surface area contributed by atoms with E-state index >= 15 is 0 Å². The molecule has 0 N–H and O–H groups in total. The van der Waals surface area contributed by atoms with Crippen molar-refractivity contribution in [2.24, 2.45) is 0 Å². The zero-order valence-corrected chi connectivity index (χ0v) is 12.4. The maximum atomic E-state index is 12.2. The Morgan fingerprint density at radius 3 is 2.44 bits per heavy atom. The van der Waals surface area contributed by atoms with Crippen LogP contribution in [0.3, 0.4) is 0 Å². The van der Waals surface area contributed by atoms with Crippen LogP contribution in [0.5, 0.6) is 0 Å². The minimum Gasteiger partial charge on any atom is -0.338 e. The third-order valence-corrected chi connectivity index (χ3v) is 5.45. The van der Waals surface area contributed by atoms with Gasteiger partial charge in [0.15, 0.2) is 9.84 Å². The summed E-state index contributed by atoms with van der Waals surface area (Å²) in [4.78, 5) is 13.7. The molecule has 6 heteroatoms. The summed E-state index contributed by atoms with van der Waals surface area (Å²) in [6.45, 7) is 0. The smallest absolute Gasteiger partial charge is 0.253 e. The van der Waals surface area contributed by atoms with Gasteiger partial charge in [0.25, 0.3) is 5.91 Å². The van der Waals surface area contributed by atoms with Crippen LogP contribution < -0.4 is 0 Å². The fourth-order valence-electron chi connectivity index (χ4n) is 2.04. The van der Waals surface area contributed by atoms with Crippen molar-refractivity contribution in [2.45, 2.75) is 12.5 Å². The van der Waals surface area contributed by atoms with Crippen LogP contribution in [0.25, 0.3) is 0 Å². The van der Waals surface area contributed by atoms with E-state index in [-0.39, 0.29) is 23.5 Å². The van der Waals surface area contributed by atoms with E-state index in [2.05, 4.69) is 15.9 Å². The quantitative estimate of drug-likeness (QED) is 0.828. The van der Waals surface area contributed by atoms with Gasteiger partial charge in [0.1, 0.15) is 0 Å². The van der Waals surface area contributed by atoms with Crippen LogP contribution in [0, 0.1) is 0 Å². The lowest BCUT2D eigenvalue weighted by Crippen LogP contribution is -2.37. The summed E-state index contributed by atoms with van der Waals surface area (Å²) in [7, 11) is -1.30. The van der Waals surface area contributed by atoms with Crippen molar-refractivity contribution in [3.63, 3.8) is 0 Å². The van der Waals surface area contributed by atoms with Crippen LogP contribution >= 0.6 is 15.9 Å². The largest absolute Gasteiger partial charge is 0.338 e. The number of benzene rings is 1. The van der Waals surface area contributed by atoms with Crippen LogP contribution in [0.2, 0.25) is 0 Å². The SMILES string of the molecule is CN(C(=O)c1ccc(Br)cc1)[C@H]1CCS(=O)(=O)C1. The Kier molecular flexibility index (Phi) is 3.77. The minimum atomic E-state index is -2.96. The van der Waals surface area contributed by atoms with E-state index in [0.717, 1.165) is 4.47 Å². The normalized spacial score (nSPS) is 21.8. The van der Waals surface area contributed by atoms with Crippen LogP contribution in [-0.4, -0.2) is 43.8 Å². The number of halogens is 1. The number of rotatable bonds is 2. The highest BCUT2D eigenvalue weighted by atomic mass is 79.9. The molecule has 0 unspecified atom stereocenters. The standard InChI is InChI=1S/C12H14BrNO3S/c1-14(11-6-7-18(16,17)8-11)12(15)9-2-4-10(13)5-3-9/h2-5,11H,6-8H2,1H3/t11-/m0/s1. The van der Waals surface area contributed by atoms with Gasteiger partial charge in [-0.05, 0) is 30.7 Å². The van der Waals surface area contributed by atoms with Crippen molar-refractivity contribution in [1.29, 1.82) is 0 Å². The molecule has 1 saturated heterocycles. The van der Waals surface area contributed by atoms with Gasteiger partial charge in [-0.2, -0.15) is 0 Å². The molecule has 1 aromatic carbocycles. The Hall–Kier alpha value is -0.880. The number of nitrogens with zero attached hydrogens (tertiary/aromatic N) is 1. The van der Waals surface area contributed by atoms with Crippen molar-refractivity contribution in [3.05, 3.63) is 34.3 Å². The molecule has 1 aliphatic heterocycles. The second-order valence-electron chi connectivity index (χ2n) is 4.48. The zero-order valence-electron chi connectivity index (χ0n) is 9.97. The number of amides is 1. The number of hydrogen-bond donors (Lipinski definition) is 0. The second-order valence-corrected chi connectivity index (χ2v) is 7.62. The van der Waals surface area contributed by atoms with E-state index < -0.39 is 9.84 Å². The molecule has 2 rings (SSSR count). The summed E-state index contributed by atoms with van der Waals surface area (Å²) in [5, 5.41) is 0. The van der Waals surface area contributed by atoms with Crippen molar-refractivity contribution in [3.8, 4) is 0 Å². The number of hydrogen-bond acceptors (Lipinski definition) is 3. The molecule has 1 amide bonds. The van der Waals surface area contributed by atoms with Crippen LogP contribution in [0.15, 0.2) is 28.7 Å². The van der Waals surface area contributed by atoms with Gasteiger partial charge in [0, 0.05) is 23.1 Å². The maximum absolute atomic E-state index is 12.2. The van der Waals surface area contributed by atoms with E-state index in [1.807, 2.05) is 0 Å². The molecule has 1 fully saturated rings.